The van der Waals surface area contributed by atoms with E-state index in [0.29, 0.717) is 5.65 Å². The van der Waals surface area contributed by atoms with Crippen LogP contribution >= 0.6 is 0 Å². The normalized spacial score (nSPS) is 11.0. The van der Waals surface area contributed by atoms with Crippen molar-refractivity contribution in [2.75, 3.05) is 0 Å². The molecule has 3 rings (SSSR count). The Labute approximate surface area is 117 Å². The molecule has 21 heavy (non-hydrogen) atoms. The highest BCUT2D eigenvalue weighted by molar-refractivity contribution is 5.96. The molecular weight excluding hydrogens is 277 g/mol. The fourth-order valence-electron chi connectivity index (χ4n) is 1.99. The van der Waals surface area contributed by atoms with Gasteiger partial charge in [0.2, 0.25) is 0 Å². The van der Waals surface area contributed by atoms with Crippen LogP contribution in [0.25, 0.3) is 11.0 Å². The van der Waals surface area contributed by atoms with Gasteiger partial charge < -0.3 is 0 Å². The first-order valence-electron chi connectivity index (χ1n) is 6.11. The minimum Gasteiger partial charge on any atom is -0.292 e. The number of benzene rings is 1. The zero-order valence-electron chi connectivity index (χ0n) is 11.0. The molecule has 0 N–H and O–H groups in total. The van der Waals surface area contributed by atoms with Crippen molar-refractivity contribution >= 4 is 16.8 Å². The molecular formula is C13H10FN5O2. The highest BCUT2D eigenvalue weighted by Crippen LogP contribution is 2.08. The van der Waals surface area contributed by atoms with E-state index in [1.807, 2.05) is 0 Å². The van der Waals surface area contributed by atoms with Crippen molar-refractivity contribution in [2.24, 2.45) is 7.05 Å². The molecule has 0 atom stereocenters. The molecule has 0 aliphatic carbocycles. The van der Waals surface area contributed by atoms with Crippen molar-refractivity contribution in [3.05, 3.63) is 52.2 Å². The first-order chi connectivity index (χ1) is 10.1. The third kappa shape index (κ3) is 2.20. The lowest BCUT2D eigenvalue weighted by Crippen LogP contribution is -2.28. The van der Waals surface area contributed by atoms with Gasteiger partial charge in [-0.1, -0.05) is 17.3 Å². The molecule has 2 aromatic heterocycles. The molecule has 7 nitrogen and oxygen atoms in total. The Hall–Kier alpha value is -2.90. The lowest BCUT2D eigenvalue weighted by molar-refractivity contribution is 0.0960. The maximum Gasteiger partial charge on any atom is 0.281 e. The van der Waals surface area contributed by atoms with E-state index in [0.717, 1.165) is 4.68 Å². The number of hydrogen-bond acceptors (Lipinski definition) is 5. The monoisotopic (exact) mass is 287 g/mol. The standard InChI is InChI=1S/C13H10FN5O2/c1-18-12-9(6-15-18)13(21)19(17-16-12)7-11(20)8-4-2-3-5-10(8)14/h2-6H,7H2,1H3. The Morgan fingerprint density at radius 2 is 2.10 bits per heavy atom. The zero-order chi connectivity index (χ0) is 15.0. The average molecular weight is 287 g/mol. The van der Waals surface area contributed by atoms with Gasteiger partial charge in [-0.3, -0.25) is 9.59 Å². The molecule has 0 radical (unpaired) electrons. The molecule has 3 aromatic rings. The SMILES string of the molecule is Cn1ncc2c(=O)n(CC(=O)c3ccccc3F)nnc21. The smallest absolute Gasteiger partial charge is 0.281 e. The van der Waals surface area contributed by atoms with E-state index in [2.05, 4.69) is 15.4 Å². The summed E-state index contributed by atoms with van der Waals surface area (Å²) in [6, 6.07) is 5.58. The number of aryl methyl sites for hydroxylation is 1. The Kier molecular flexibility index (Phi) is 3.05. The quantitative estimate of drug-likeness (QED) is 0.657. The summed E-state index contributed by atoms with van der Waals surface area (Å²) in [5, 5.41) is 11.7. The van der Waals surface area contributed by atoms with Gasteiger partial charge in [-0.15, -0.1) is 5.10 Å². The van der Waals surface area contributed by atoms with E-state index in [9.17, 15) is 14.0 Å². The highest BCUT2D eigenvalue weighted by Gasteiger charge is 2.15. The number of aromatic nitrogens is 5. The Balaban J connectivity index is 1.99. The predicted octanol–water partition coefficient (Wildman–Crippen LogP) is 0.547. The van der Waals surface area contributed by atoms with E-state index in [1.54, 1.807) is 13.1 Å². The molecule has 0 aliphatic heterocycles. The topological polar surface area (TPSA) is 82.7 Å². The summed E-state index contributed by atoms with van der Waals surface area (Å²) in [6.07, 6.45) is 1.36. The third-order valence-electron chi connectivity index (χ3n) is 3.09. The number of carbonyl (C=O) groups excluding carboxylic acids is 1. The van der Waals surface area contributed by atoms with Gasteiger partial charge in [0.25, 0.3) is 5.56 Å². The summed E-state index contributed by atoms with van der Waals surface area (Å²) in [6.45, 7) is -0.377. The van der Waals surface area contributed by atoms with Crippen LogP contribution in [-0.4, -0.2) is 30.6 Å². The molecule has 2 heterocycles. The van der Waals surface area contributed by atoms with E-state index in [-0.39, 0.29) is 17.5 Å². The van der Waals surface area contributed by atoms with Gasteiger partial charge in [0.15, 0.2) is 11.4 Å². The van der Waals surface area contributed by atoms with Crippen LogP contribution in [0.3, 0.4) is 0 Å². The zero-order valence-corrected chi connectivity index (χ0v) is 11.0. The second-order valence-corrected chi connectivity index (χ2v) is 4.46. The molecule has 0 saturated carbocycles. The minimum atomic E-state index is -0.633. The summed E-state index contributed by atoms with van der Waals surface area (Å²) < 4.78 is 15.9. The number of Topliss-reactive ketones (excluding diaryl/α,β-unsaturated/α-hetero) is 1. The van der Waals surface area contributed by atoms with Gasteiger partial charge in [-0.05, 0) is 12.1 Å². The van der Waals surface area contributed by atoms with Crippen LogP contribution in [0.4, 0.5) is 4.39 Å². The summed E-state index contributed by atoms with van der Waals surface area (Å²) >= 11 is 0. The van der Waals surface area contributed by atoms with E-state index >= 15 is 0 Å². The number of halogens is 1. The van der Waals surface area contributed by atoms with Crippen molar-refractivity contribution in [3.8, 4) is 0 Å². The summed E-state index contributed by atoms with van der Waals surface area (Å²) in [5.41, 5.74) is -0.245. The van der Waals surface area contributed by atoms with E-state index < -0.39 is 17.2 Å². The number of fused-ring (bicyclic) bond motifs is 1. The molecule has 106 valence electrons. The van der Waals surface area contributed by atoms with Crippen molar-refractivity contribution < 1.29 is 9.18 Å². The maximum atomic E-state index is 13.5. The molecule has 0 saturated heterocycles. The highest BCUT2D eigenvalue weighted by atomic mass is 19.1. The summed E-state index contributed by atoms with van der Waals surface area (Å²) in [4.78, 5) is 24.2. The van der Waals surface area contributed by atoms with Crippen molar-refractivity contribution in [2.45, 2.75) is 6.54 Å². The van der Waals surface area contributed by atoms with Crippen LogP contribution in [-0.2, 0) is 13.6 Å². The summed E-state index contributed by atoms with van der Waals surface area (Å²) in [7, 11) is 1.63. The number of rotatable bonds is 3. The number of ketones is 1. The predicted molar refractivity (Wildman–Crippen MR) is 71.3 cm³/mol. The van der Waals surface area contributed by atoms with Gasteiger partial charge in [-0.2, -0.15) is 5.10 Å². The number of nitrogens with zero attached hydrogens (tertiary/aromatic N) is 5. The first-order valence-corrected chi connectivity index (χ1v) is 6.11. The summed E-state index contributed by atoms with van der Waals surface area (Å²) in [5.74, 6) is -1.18. The van der Waals surface area contributed by atoms with Crippen molar-refractivity contribution in [1.82, 2.24) is 24.8 Å². The molecule has 0 amide bonds. The van der Waals surface area contributed by atoms with E-state index in [4.69, 9.17) is 0 Å². The molecule has 0 aliphatic rings. The van der Waals surface area contributed by atoms with Gasteiger partial charge in [0.05, 0.1) is 11.8 Å². The van der Waals surface area contributed by atoms with Gasteiger partial charge in [0.1, 0.15) is 17.7 Å². The lowest BCUT2D eigenvalue weighted by atomic mass is 10.1. The molecule has 0 fully saturated rings. The Morgan fingerprint density at radius 3 is 2.86 bits per heavy atom. The second-order valence-electron chi connectivity index (χ2n) is 4.46. The Bertz CT molecular complexity index is 899. The van der Waals surface area contributed by atoms with Crippen LogP contribution in [0.5, 0.6) is 0 Å². The number of carbonyl (C=O) groups is 1. The third-order valence-corrected chi connectivity index (χ3v) is 3.09. The first kappa shape index (κ1) is 13.1. The molecule has 0 bridgehead atoms. The Morgan fingerprint density at radius 1 is 1.33 bits per heavy atom. The van der Waals surface area contributed by atoms with Gasteiger partial charge in [0, 0.05) is 7.05 Å². The molecule has 0 unspecified atom stereocenters. The lowest BCUT2D eigenvalue weighted by Gasteiger charge is -2.04. The van der Waals surface area contributed by atoms with Crippen LogP contribution in [0.1, 0.15) is 10.4 Å². The van der Waals surface area contributed by atoms with Crippen LogP contribution in [0.15, 0.2) is 35.3 Å². The fraction of sp³-hybridized carbons (Fsp3) is 0.154. The van der Waals surface area contributed by atoms with Crippen molar-refractivity contribution in [3.63, 3.8) is 0 Å². The maximum absolute atomic E-state index is 13.5. The van der Waals surface area contributed by atoms with Gasteiger partial charge in [-0.25, -0.2) is 13.8 Å². The van der Waals surface area contributed by atoms with E-state index in [1.165, 1.54) is 29.1 Å². The molecule has 1 aromatic carbocycles. The molecule has 0 spiro atoms. The fourth-order valence-corrected chi connectivity index (χ4v) is 1.99. The van der Waals surface area contributed by atoms with Gasteiger partial charge >= 0.3 is 0 Å². The largest absolute Gasteiger partial charge is 0.292 e. The van der Waals surface area contributed by atoms with Crippen molar-refractivity contribution in [1.29, 1.82) is 0 Å². The minimum absolute atomic E-state index is 0.0857. The van der Waals surface area contributed by atoms with Crippen LogP contribution in [0, 0.1) is 5.82 Å². The molecule has 8 heteroatoms. The average Bonchev–Trinajstić information content (AvgIpc) is 2.84. The second kappa shape index (κ2) is 4.89. The number of hydrogen-bond donors (Lipinski definition) is 0. The van der Waals surface area contributed by atoms with Crippen LogP contribution < -0.4 is 5.56 Å². The van der Waals surface area contributed by atoms with Crippen LogP contribution in [0.2, 0.25) is 0 Å².